The summed E-state index contributed by atoms with van der Waals surface area (Å²) >= 11 is 0. The first-order chi connectivity index (χ1) is 17.7. The van der Waals surface area contributed by atoms with Crippen molar-refractivity contribution in [3.05, 3.63) is 0 Å². The smallest absolute Gasteiger partial charge is 0.429 e. The van der Waals surface area contributed by atoms with Crippen molar-refractivity contribution in [3.8, 4) is 0 Å². The van der Waals surface area contributed by atoms with Gasteiger partial charge < -0.3 is 24.4 Å². The van der Waals surface area contributed by atoms with E-state index < -0.39 is 54.4 Å². The Hall–Kier alpha value is -1.57. The number of hydrogen-bond acceptors (Lipinski definition) is 8. The number of halogens is 5. The van der Waals surface area contributed by atoms with Crippen molar-refractivity contribution >= 4 is 11.9 Å². The molecular weight excluding hydrogens is 535 g/mol. The molecule has 2 rings (SSSR count). The van der Waals surface area contributed by atoms with Crippen LogP contribution in [0.1, 0.15) is 87.0 Å². The summed E-state index contributed by atoms with van der Waals surface area (Å²) in [5, 5.41) is 19.8. The fraction of sp³-hybridized carbons (Fsp3) is 0.923. The molecule has 0 aromatic carbocycles. The highest BCUT2D eigenvalue weighted by Gasteiger charge is 2.81. The van der Waals surface area contributed by atoms with E-state index in [9.17, 15) is 41.8 Å². The summed E-state index contributed by atoms with van der Waals surface area (Å²) in [4.78, 5) is 23.3. The zero-order valence-electron chi connectivity index (χ0n) is 23.7. The molecular formula is C26H43F5O8. The molecule has 6 unspecified atom stereocenters. The number of carbonyl (C=O) groups excluding carboxylic acids is 2. The maximum Gasteiger partial charge on any atom is 0.429 e. The Morgan fingerprint density at radius 2 is 1.51 bits per heavy atom. The summed E-state index contributed by atoms with van der Waals surface area (Å²) in [5.74, 6) is -1.60. The van der Waals surface area contributed by atoms with E-state index >= 15 is 0 Å². The number of carbonyl (C=O) groups is 2. The molecule has 1 heterocycles. The number of alkyl halides is 5. The van der Waals surface area contributed by atoms with Crippen LogP contribution in [0.5, 0.6) is 0 Å². The van der Waals surface area contributed by atoms with Crippen molar-refractivity contribution in [2.24, 2.45) is 17.8 Å². The standard InChI is InChI=1S/C14H26O3.C12H17F5O5/c1-5-10(2)13(15)17-12-9-7-6-8-11(12)14(3,4)16;1-4-7(2)8(18)20-5-9(3)10(19,11(13,14)15)12(16,17)22-6-21-9/h10-12,16H,5-9H2,1-4H3;7,19H,4-6H2,1-3H3. The second-order valence-corrected chi connectivity index (χ2v) is 11.1. The number of rotatable bonds is 8. The maximum atomic E-state index is 13.6. The van der Waals surface area contributed by atoms with Gasteiger partial charge in [0, 0.05) is 5.92 Å². The van der Waals surface area contributed by atoms with Crippen molar-refractivity contribution < 1.29 is 60.7 Å². The maximum absolute atomic E-state index is 13.6. The number of aliphatic hydroxyl groups is 2. The monoisotopic (exact) mass is 578 g/mol. The van der Waals surface area contributed by atoms with Crippen molar-refractivity contribution in [2.75, 3.05) is 13.4 Å². The molecule has 1 saturated carbocycles. The molecule has 2 aliphatic rings. The van der Waals surface area contributed by atoms with Gasteiger partial charge in [-0.2, -0.15) is 22.0 Å². The molecule has 1 aliphatic heterocycles. The third kappa shape index (κ3) is 8.23. The van der Waals surface area contributed by atoms with Crippen LogP contribution in [0.2, 0.25) is 0 Å². The molecule has 0 spiro atoms. The molecule has 0 bridgehead atoms. The molecule has 2 fully saturated rings. The van der Waals surface area contributed by atoms with Crippen LogP contribution in [-0.4, -0.2) is 70.7 Å². The van der Waals surface area contributed by atoms with Gasteiger partial charge in [0.2, 0.25) is 0 Å². The molecule has 8 nitrogen and oxygen atoms in total. The van der Waals surface area contributed by atoms with E-state index in [1.54, 1.807) is 6.92 Å². The Bertz CT molecular complexity index is 815. The van der Waals surface area contributed by atoms with Gasteiger partial charge >= 0.3 is 24.2 Å². The van der Waals surface area contributed by atoms with E-state index in [2.05, 4.69) is 14.2 Å². The Morgan fingerprint density at radius 1 is 1.00 bits per heavy atom. The summed E-state index contributed by atoms with van der Waals surface area (Å²) in [5.41, 5.74) is -8.35. The zero-order chi connectivity index (χ0) is 30.4. The van der Waals surface area contributed by atoms with Crippen LogP contribution in [-0.2, 0) is 28.5 Å². The predicted octanol–water partition coefficient (Wildman–Crippen LogP) is 5.13. The summed E-state index contributed by atoms with van der Waals surface area (Å²) in [7, 11) is 0. The molecule has 1 aliphatic carbocycles. The highest BCUT2D eigenvalue weighted by molar-refractivity contribution is 5.72. The zero-order valence-corrected chi connectivity index (χ0v) is 23.7. The molecule has 0 aromatic rings. The van der Waals surface area contributed by atoms with Gasteiger partial charge in [-0.05, 0) is 52.9 Å². The first-order valence-corrected chi connectivity index (χ1v) is 13.2. The van der Waals surface area contributed by atoms with Crippen molar-refractivity contribution in [1.82, 2.24) is 0 Å². The molecule has 0 radical (unpaired) electrons. The largest absolute Gasteiger partial charge is 0.462 e. The van der Waals surface area contributed by atoms with E-state index in [1.807, 2.05) is 27.7 Å². The summed E-state index contributed by atoms with van der Waals surface area (Å²) in [6.07, 6.45) is -5.66. The van der Waals surface area contributed by atoms with Gasteiger partial charge in [-0.1, -0.05) is 34.1 Å². The van der Waals surface area contributed by atoms with Gasteiger partial charge in [0.05, 0.1) is 17.4 Å². The van der Waals surface area contributed by atoms with Crippen LogP contribution >= 0.6 is 0 Å². The lowest BCUT2D eigenvalue weighted by molar-refractivity contribution is -0.493. The number of ether oxygens (including phenoxy) is 4. The predicted molar refractivity (Wildman–Crippen MR) is 129 cm³/mol. The minimum absolute atomic E-state index is 0.0422. The Labute approximate surface area is 226 Å². The highest BCUT2D eigenvalue weighted by atomic mass is 19.4. The van der Waals surface area contributed by atoms with E-state index in [-0.39, 0.29) is 23.9 Å². The van der Waals surface area contributed by atoms with Crippen LogP contribution in [0.4, 0.5) is 22.0 Å². The SMILES string of the molecule is CCC(C)C(=O)OC1CCCCC1C(C)(C)O.CCC(C)C(=O)OCC1(C)OCOC(F)(F)C1(O)C(F)(F)F. The molecule has 2 N–H and O–H groups in total. The van der Waals surface area contributed by atoms with Crippen molar-refractivity contribution in [3.63, 3.8) is 0 Å². The first-order valence-electron chi connectivity index (χ1n) is 13.2. The van der Waals surface area contributed by atoms with E-state index in [1.165, 1.54) is 6.92 Å². The molecule has 13 heteroatoms. The highest BCUT2D eigenvalue weighted by Crippen LogP contribution is 2.52. The third-order valence-electron chi connectivity index (χ3n) is 7.61. The minimum Gasteiger partial charge on any atom is -0.462 e. The fourth-order valence-electron chi connectivity index (χ4n) is 4.36. The summed E-state index contributed by atoms with van der Waals surface area (Å²) < 4.78 is 84.6. The molecule has 230 valence electrons. The van der Waals surface area contributed by atoms with Crippen LogP contribution in [0.3, 0.4) is 0 Å². The van der Waals surface area contributed by atoms with Crippen molar-refractivity contribution in [2.45, 2.75) is 122 Å². The number of hydrogen-bond donors (Lipinski definition) is 2. The molecule has 39 heavy (non-hydrogen) atoms. The minimum atomic E-state index is -5.78. The van der Waals surface area contributed by atoms with Gasteiger partial charge in [0.15, 0.2) is 6.79 Å². The van der Waals surface area contributed by atoms with Crippen LogP contribution < -0.4 is 0 Å². The van der Waals surface area contributed by atoms with Gasteiger partial charge in [-0.25, -0.2) is 0 Å². The lowest BCUT2D eigenvalue weighted by Crippen LogP contribution is -2.76. The normalized spacial score (nSPS) is 30.8. The second kappa shape index (κ2) is 13.4. The fourth-order valence-corrected chi connectivity index (χ4v) is 4.36. The topological polar surface area (TPSA) is 112 Å². The van der Waals surface area contributed by atoms with Crippen LogP contribution in [0, 0.1) is 17.8 Å². The summed E-state index contributed by atoms with van der Waals surface area (Å²) in [6.45, 7) is 8.79. The van der Waals surface area contributed by atoms with E-state index in [0.717, 1.165) is 32.1 Å². The van der Waals surface area contributed by atoms with Crippen molar-refractivity contribution in [1.29, 1.82) is 0 Å². The third-order valence-corrected chi connectivity index (χ3v) is 7.61. The van der Waals surface area contributed by atoms with E-state index in [4.69, 9.17) is 4.74 Å². The molecule has 0 aromatic heterocycles. The lowest BCUT2D eigenvalue weighted by atomic mass is 9.76. The van der Waals surface area contributed by atoms with Crippen LogP contribution in [0.15, 0.2) is 0 Å². The quantitative estimate of drug-likeness (QED) is 0.301. The Kier molecular flexibility index (Phi) is 12.2. The molecule has 1 saturated heterocycles. The van der Waals surface area contributed by atoms with Crippen LogP contribution in [0.25, 0.3) is 0 Å². The van der Waals surface area contributed by atoms with Gasteiger partial charge in [-0.3, -0.25) is 14.3 Å². The molecule has 0 amide bonds. The van der Waals surface area contributed by atoms with E-state index in [0.29, 0.717) is 13.3 Å². The summed E-state index contributed by atoms with van der Waals surface area (Å²) in [6, 6.07) is 0. The number of esters is 2. The lowest BCUT2D eigenvalue weighted by Gasteiger charge is -2.50. The van der Waals surface area contributed by atoms with Gasteiger partial charge in [0.25, 0.3) is 5.60 Å². The Morgan fingerprint density at radius 3 is 2.00 bits per heavy atom. The first kappa shape index (κ1) is 35.5. The average Bonchev–Trinajstić information content (AvgIpc) is 2.84. The van der Waals surface area contributed by atoms with Gasteiger partial charge in [0.1, 0.15) is 18.3 Å². The molecule has 6 atom stereocenters. The average molecular weight is 579 g/mol. The second-order valence-electron chi connectivity index (χ2n) is 11.1. The Balaban J connectivity index is 0.000000403. The van der Waals surface area contributed by atoms with Gasteiger partial charge in [-0.15, -0.1) is 0 Å².